The molecule has 31 heavy (non-hydrogen) atoms. The second kappa shape index (κ2) is 11.1. The van der Waals surface area contributed by atoms with Crippen LogP contribution < -0.4 is 10.6 Å². The highest BCUT2D eigenvalue weighted by Crippen LogP contribution is 2.23. The molecule has 1 amide bonds. The van der Waals surface area contributed by atoms with E-state index in [9.17, 15) is 13.2 Å². The summed E-state index contributed by atoms with van der Waals surface area (Å²) in [4.78, 5) is 12.5. The fourth-order valence-corrected chi connectivity index (χ4v) is 5.26. The van der Waals surface area contributed by atoms with Crippen molar-refractivity contribution < 1.29 is 13.2 Å². The van der Waals surface area contributed by atoms with Crippen LogP contribution in [0.25, 0.3) is 0 Å². The Labute approximate surface area is 190 Å². The highest BCUT2D eigenvalue weighted by Gasteiger charge is 2.32. The van der Waals surface area contributed by atoms with Gasteiger partial charge in [-0.05, 0) is 67.9 Å². The number of sulfonamides is 1. The first kappa shape index (κ1) is 23.7. The fraction of sp³-hybridized carbons (Fsp3) is 0.435. The molecule has 2 aromatic carbocycles. The van der Waals surface area contributed by atoms with E-state index in [1.165, 1.54) is 35.7 Å². The van der Waals surface area contributed by atoms with E-state index in [2.05, 4.69) is 17.6 Å². The van der Waals surface area contributed by atoms with Crippen LogP contribution in [0.5, 0.6) is 0 Å². The van der Waals surface area contributed by atoms with Gasteiger partial charge in [0.2, 0.25) is 10.0 Å². The van der Waals surface area contributed by atoms with Gasteiger partial charge in [0.25, 0.3) is 5.91 Å². The molecule has 2 aromatic rings. The maximum Gasteiger partial charge on any atom is 0.255 e. The van der Waals surface area contributed by atoms with Crippen molar-refractivity contribution in [1.29, 1.82) is 0 Å². The van der Waals surface area contributed by atoms with Crippen molar-refractivity contribution in [2.75, 3.05) is 25.0 Å². The van der Waals surface area contributed by atoms with E-state index in [4.69, 9.17) is 11.6 Å². The van der Waals surface area contributed by atoms with E-state index in [1.807, 2.05) is 0 Å². The summed E-state index contributed by atoms with van der Waals surface area (Å²) in [5.74, 6) is -0.278. The van der Waals surface area contributed by atoms with Crippen molar-refractivity contribution in [2.24, 2.45) is 0 Å². The number of nitrogens with one attached hydrogen (secondary N) is 2. The number of carbonyl (C=O) groups is 1. The van der Waals surface area contributed by atoms with Crippen molar-refractivity contribution in [3.05, 3.63) is 59.1 Å². The average molecular weight is 464 g/mol. The molecule has 8 heteroatoms. The van der Waals surface area contributed by atoms with Crippen molar-refractivity contribution in [1.82, 2.24) is 9.62 Å². The van der Waals surface area contributed by atoms with Crippen molar-refractivity contribution in [3.63, 3.8) is 0 Å². The number of hydrogen-bond acceptors (Lipinski definition) is 4. The standard InChI is InChI=1S/C23H30ClN3O3S/c1-2-3-4-5-15-25-21-14-16-27(17-21)31(29,30)22-12-10-20(11-13-22)26-23(28)18-6-8-19(24)9-7-18/h6-13,21,25H,2-5,14-17H2,1H3,(H,26,28). The molecule has 0 bridgehead atoms. The number of unbranched alkanes of at least 4 members (excludes halogenated alkanes) is 3. The summed E-state index contributed by atoms with van der Waals surface area (Å²) in [5, 5.41) is 6.81. The molecule has 2 N–H and O–H groups in total. The van der Waals surface area contributed by atoms with Crippen LogP contribution in [-0.2, 0) is 10.0 Å². The highest BCUT2D eigenvalue weighted by atomic mass is 35.5. The lowest BCUT2D eigenvalue weighted by Gasteiger charge is -2.17. The summed E-state index contributed by atoms with van der Waals surface area (Å²) < 4.78 is 27.5. The molecule has 0 aromatic heterocycles. The molecule has 3 rings (SSSR count). The normalized spacial score (nSPS) is 17.0. The SMILES string of the molecule is CCCCCCNC1CCN(S(=O)(=O)c2ccc(NC(=O)c3ccc(Cl)cc3)cc2)C1. The largest absolute Gasteiger partial charge is 0.322 e. The zero-order valence-corrected chi connectivity index (χ0v) is 19.4. The van der Waals surface area contributed by atoms with Gasteiger partial charge in [-0.2, -0.15) is 4.31 Å². The molecule has 6 nitrogen and oxygen atoms in total. The molecule has 0 saturated carbocycles. The van der Waals surface area contributed by atoms with Gasteiger partial charge in [0.1, 0.15) is 0 Å². The fourth-order valence-electron chi connectivity index (χ4n) is 3.63. The topological polar surface area (TPSA) is 78.5 Å². The molecule has 0 spiro atoms. The zero-order valence-electron chi connectivity index (χ0n) is 17.8. The number of nitrogens with zero attached hydrogens (tertiary/aromatic N) is 1. The third kappa shape index (κ3) is 6.53. The predicted molar refractivity (Wildman–Crippen MR) is 125 cm³/mol. The van der Waals surface area contributed by atoms with E-state index >= 15 is 0 Å². The molecule has 1 atom stereocenters. The van der Waals surface area contributed by atoms with Crippen LogP contribution >= 0.6 is 11.6 Å². The van der Waals surface area contributed by atoms with Crippen molar-refractivity contribution >= 4 is 33.2 Å². The molecule has 1 aliphatic rings. The van der Waals surface area contributed by atoms with Crippen molar-refractivity contribution in [3.8, 4) is 0 Å². The molecule has 0 aliphatic carbocycles. The number of hydrogen-bond donors (Lipinski definition) is 2. The Bertz CT molecular complexity index is 963. The van der Waals surface area contributed by atoms with Crippen LogP contribution in [0.4, 0.5) is 5.69 Å². The number of benzene rings is 2. The number of carbonyl (C=O) groups excluding carboxylic acids is 1. The van der Waals surface area contributed by atoms with Gasteiger partial charge in [0.05, 0.1) is 4.90 Å². The maximum absolute atomic E-state index is 13.0. The lowest BCUT2D eigenvalue weighted by Crippen LogP contribution is -2.35. The van der Waals surface area contributed by atoms with Gasteiger partial charge >= 0.3 is 0 Å². The molecule has 1 fully saturated rings. The third-order valence-electron chi connectivity index (χ3n) is 5.47. The first-order valence-corrected chi connectivity index (χ1v) is 12.6. The quantitative estimate of drug-likeness (QED) is 0.507. The maximum atomic E-state index is 13.0. The second-order valence-corrected chi connectivity index (χ2v) is 10.2. The summed E-state index contributed by atoms with van der Waals surface area (Å²) in [6, 6.07) is 13.1. The highest BCUT2D eigenvalue weighted by molar-refractivity contribution is 7.89. The summed E-state index contributed by atoms with van der Waals surface area (Å²) in [7, 11) is -3.55. The van der Waals surface area contributed by atoms with Gasteiger partial charge in [0.15, 0.2) is 0 Å². The van der Waals surface area contributed by atoms with E-state index in [1.54, 1.807) is 36.4 Å². The molecular formula is C23H30ClN3O3S. The second-order valence-electron chi connectivity index (χ2n) is 7.85. The molecule has 168 valence electrons. The molecule has 1 aliphatic heterocycles. The third-order valence-corrected chi connectivity index (χ3v) is 7.60. The predicted octanol–water partition coefficient (Wildman–Crippen LogP) is 4.53. The Morgan fingerprint density at radius 3 is 2.45 bits per heavy atom. The molecule has 1 unspecified atom stereocenters. The Balaban J connectivity index is 1.55. The van der Waals surface area contributed by atoms with Crippen LogP contribution in [0.2, 0.25) is 5.02 Å². The van der Waals surface area contributed by atoms with Crippen LogP contribution in [0.1, 0.15) is 49.4 Å². The van der Waals surface area contributed by atoms with E-state index in [0.29, 0.717) is 29.4 Å². The Kier molecular flexibility index (Phi) is 8.49. The van der Waals surface area contributed by atoms with E-state index < -0.39 is 10.0 Å². The van der Waals surface area contributed by atoms with Gasteiger partial charge < -0.3 is 10.6 Å². The first-order chi connectivity index (χ1) is 14.9. The van der Waals surface area contributed by atoms with Crippen molar-refractivity contribution in [2.45, 2.75) is 50.0 Å². The monoisotopic (exact) mass is 463 g/mol. The van der Waals surface area contributed by atoms with Gasteiger partial charge in [-0.3, -0.25) is 4.79 Å². The summed E-state index contributed by atoms with van der Waals surface area (Å²) in [6.45, 7) is 4.13. The number of anilines is 1. The first-order valence-electron chi connectivity index (χ1n) is 10.8. The summed E-state index contributed by atoms with van der Waals surface area (Å²) >= 11 is 5.85. The number of halogens is 1. The Hall–Kier alpha value is -1.93. The number of rotatable bonds is 10. The van der Waals surface area contributed by atoms with Gasteiger partial charge in [-0.1, -0.05) is 37.8 Å². The number of amides is 1. The Morgan fingerprint density at radius 2 is 1.77 bits per heavy atom. The van der Waals surface area contributed by atoms with E-state index in [-0.39, 0.29) is 16.8 Å². The molecule has 1 heterocycles. The van der Waals surface area contributed by atoms with Gasteiger partial charge in [0, 0.05) is 35.4 Å². The lowest BCUT2D eigenvalue weighted by atomic mass is 10.2. The van der Waals surface area contributed by atoms with Crippen LogP contribution in [0.15, 0.2) is 53.4 Å². The van der Waals surface area contributed by atoms with Crippen LogP contribution in [0, 0.1) is 0 Å². The van der Waals surface area contributed by atoms with Crippen LogP contribution in [0.3, 0.4) is 0 Å². The minimum absolute atomic E-state index is 0.203. The van der Waals surface area contributed by atoms with Gasteiger partial charge in [-0.15, -0.1) is 0 Å². The Morgan fingerprint density at radius 1 is 1.06 bits per heavy atom. The summed E-state index contributed by atoms with van der Waals surface area (Å²) in [6.07, 6.45) is 5.60. The zero-order chi connectivity index (χ0) is 22.3. The average Bonchev–Trinajstić information content (AvgIpc) is 3.24. The van der Waals surface area contributed by atoms with Gasteiger partial charge in [-0.25, -0.2) is 8.42 Å². The molecule has 1 saturated heterocycles. The van der Waals surface area contributed by atoms with Crippen LogP contribution in [-0.4, -0.2) is 44.3 Å². The van der Waals surface area contributed by atoms with E-state index in [0.717, 1.165) is 19.4 Å². The minimum Gasteiger partial charge on any atom is -0.322 e. The smallest absolute Gasteiger partial charge is 0.255 e. The molecular weight excluding hydrogens is 434 g/mol. The lowest BCUT2D eigenvalue weighted by molar-refractivity contribution is 0.102. The minimum atomic E-state index is -3.55. The molecule has 0 radical (unpaired) electrons. The summed E-state index contributed by atoms with van der Waals surface area (Å²) in [5.41, 5.74) is 1.01.